The second-order valence-electron chi connectivity index (χ2n) is 9.35. The van der Waals surface area contributed by atoms with Crippen molar-refractivity contribution in [2.24, 2.45) is 0 Å². The molecule has 41 heavy (non-hydrogen) atoms. The van der Waals surface area contributed by atoms with Gasteiger partial charge >= 0.3 is 6.18 Å². The quantitative estimate of drug-likeness (QED) is 0.279. The third kappa shape index (κ3) is 5.46. The number of hydrogen-bond acceptors (Lipinski definition) is 8. The van der Waals surface area contributed by atoms with Gasteiger partial charge in [-0.15, -0.1) is 0 Å². The lowest BCUT2D eigenvalue weighted by atomic mass is 10.0. The summed E-state index contributed by atoms with van der Waals surface area (Å²) in [7, 11) is 1.49. The molecule has 0 saturated heterocycles. The van der Waals surface area contributed by atoms with Crippen molar-refractivity contribution in [3.8, 4) is 16.9 Å². The number of amides is 2. The Hall–Kier alpha value is -4.10. The Balaban J connectivity index is 1.34. The second-order valence-corrected chi connectivity index (χ2v) is 10.8. The van der Waals surface area contributed by atoms with Gasteiger partial charge in [0.05, 0.1) is 48.1 Å². The molecule has 9 nitrogen and oxygen atoms in total. The van der Waals surface area contributed by atoms with Gasteiger partial charge in [0.15, 0.2) is 5.13 Å². The molecule has 1 aliphatic heterocycles. The van der Waals surface area contributed by atoms with Crippen molar-refractivity contribution in [2.75, 3.05) is 12.4 Å². The Kier molecular flexibility index (Phi) is 7.43. The maximum atomic E-state index is 13.3. The summed E-state index contributed by atoms with van der Waals surface area (Å²) in [5, 5.41) is 3.37. The number of halogens is 4. The molecule has 0 radical (unpaired) electrons. The van der Waals surface area contributed by atoms with E-state index in [-0.39, 0.29) is 40.5 Å². The van der Waals surface area contributed by atoms with Crippen molar-refractivity contribution in [1.82, 2.24) is 24.8 Å². The van der Waals surface area contributed by atoms with Gasteiger partial charge in [0.1, 0.15) is 16.6 Å². The number of anilines is 1. The SMILES string of the molecule is COc1cnc(Cl)cc1-c1cc(C)ncc1C(=O)Nc1nc2c(s1)CN(C(=O)c1cnc(C(F)(F)F)c(C)c1C)C2. The molecule has 14 heteroatoms. The number of rotatable bonds is 5. The minimum Gasteiger partial charge on any atom is -0.494 e. The summed E-state index contributed by atoms with van der Waals surface area (Å²) in [6.07, 6.45) is -0.710. The topological polar surface area (TPSA) is 110 Å². The largest absolute Gasteiger partial charge is 0.494 e. The second kappa shape index (κ2) is 10.7. The first kappa shape index (κ1) is 28.4. The molecular formula is C27H22ClF3N6O3S. The number of nitrogens with zero attached hydrogens (tertiary/aromatic N) is 5. The number of thiazole rings is 1. The predicted molar refractivity (Wildman–Crippen MR) is 146 cm³/mol. The van der Waals surface area contributed by atoms with Gasteiger partial charge in [-0.25, -0.2) is 9.97 Å². The van der Waals surface area contributed by atoms with E-state index in [0.717, 1.165) is 11.1 Å². The van der Waals surface area contributed by atoms with Crippen LogP contribution >= 0.6 is 22.9 Å². The van der Waals surface area contributed by atoms with E-state index >= 15 is 0 Å². The highest BCUT2D eigenvalue weighted by atomic mass is 35.5. The Bertz CT molecular complexity index is 1690. The highest BCUT2D eigenvalue weighted by molar-refractivity contribution is 7.16. The fraction of sp³-hybridized carbons (Fsp3) is 0.259. The average Bonchev–Trinajstić information content (AvgIpc) is 3.47. The number of hydrogen-bond donors (Lipinski definition) is 1. The number of carbonyl (C=O) groups is 2. The zero-order valence-corrected chi connectivity index (χ0v) is 23.8. The molecule has 0 saturated carbocycles. The number of aryl methyl sites for hydroxylation is 1. The smallest absolute Gasteiger partial charge is 0.433 e. The monoisotopic (exact) mass is 602 g/mol. The number of methoxy groups -OCH3 is 1. The molecule has 0 aromatic carbocycles. The van der Waals surface area contributed by atoms with Gasteiger partial charge < -0.3 is 9.64 Å². The fourth-order valence-electron chi connectivity index (χ4n) is 4.53. The molecule has 4 aromatic rings. The number of aromatic nitrogens is 4. The summed E-state index contributed by atoms with van der Waals surface area (Å²) in [5.41, 5.74) is 1.90. The third-order valence-electron chi connectivity index (χ3n) is 6.73. The van der Waals surface area contributed by atoms with Crippen LogP contribution in [-0.4, -0.2) is 43.8 Å². The van der Waals surface area contributed by atoms with Gasteiger partial charge in [-0.3, -0.25) is 24.9 Å². The normalized spacial score (nSPS) is 12.8. The average molecular weight is 603 g/mol. The number of pyridine rings is 3. The van der Waals surface area contributed by atoms with Crippen molar-refractivity contribution in [2.45, 2.75) is 40.0 Å². The van der Waals surface area contributed by atoms with Crippen molar-refractivity contribution in [1.29, 1.82) is 0 Å². The summed E-state index contributed by atoms with van der Waals surface area (Å²) >= 11 is 7.33. The molecule has 212 valence electrons. The Labute approximate surface area is 241 Å². The van der Waals surface area contributed by atoms with Crippen LogP contribution in [0.15, 0.2) is 30.7 Å². The zero-order chi connectivity index (χ0) is 29.6. The maximum Gasteiger partial charge on any atom is 0.433 e. The summed E-state index contributed by atoms with van der Waals surface area (Å²) in [5.74, 6) is -0.464. The van der Waals surface area contributed by atoms with Crippen LogP contribution in [0.1, 0.15) is 53.8 Å². The molecule has 5 heterocycles. The predicted octanol–water partition coefficient (Wildman–Crippen LogP) is 6.01. The third-order valence-corrected chi connectivity index (χ3v) is 7.94. The van der Waals surface area contributed by atoms with Gasteiger partial charge in [-0.2, -0.15) is 13.2 Å². The minimum atomic E-state index is -4.61. The van der Waals surface area contributed by atoms with Crippen LogP contribution in [0.3, 0.4) is 0 Å². The van der Waals surface area contributed by atoms with E-state index < -0.39 is 23.7 Å². The van der Waals surface area contributed by atoms with Crippen LogP contribution in [0.25, 0.3) is 11.1 Å². The van der Waals surface area contributed by atoms with Crippen LogP contribution in [-0.2, 0) is 19.3 Å². The van der Waals surface area contributed by atoms with Gasteiger partial charge in [0.25, 0.3) is 11.8 Å². The van der Waals surface area contributed by atoms with Gasteiger partial charge in [-0.05, 0) is 44.0 Å². The molecule has 0 unspecified atom stereocenters. The molecular weight excluding hydrogens is 581 g/mol. The Morgan fingerprint density at radius 2 is 1.73 bits per heavy atom. The van der Waals surface area contributed by atoms with Crippen molar-refractivity contribution in [3.63, 3.8) is 0 Å². The van der Waals surface area contributed by atoms with Crippen LogP contribution < -0.4 is 10.1 Å². The highest BCUT2D eigenvalue weighted by Crippen LogP contribution is 2.37. The van der Waals surface area contributed by atoms with Crippen molar-refractivity contribution >= 4 is 39.9 Å². The number of fused-ring (bicyclic) bond motifs is 1. The minimum absolute atomic E-state index is 0.0861. The van der Waals surface area contributed by atoms with Crippen LogP contribution in [0, 0.1) is 20.8 Å². The molecule has 0 spiro atoms. The molecule has 5 rings (SSSR count). The lowest BCUT2D eigenvalue weighted by Crippen LogP contribution is -2.27. The van der Waals surface area contributed by atoms with Crippen LogP contribution in [0.2, 0.25) is 5.15 Å². The first-order valence-corrected chi connectivity index (χ1v) is 13.4. The van der Waals surface area contributed by atoms with E-state index in [9.17, 15) is 22.8 Å². The van der Waals surface area contributed by atoms with Gasteiger partial charge in [0, 0.05) is 29.2 Å². The van der Waals surface area contributed by atoms with Crippen LogP contribution in [0.4, 0.5) is 18.3 Å². The number of nitrogens with one attached hydrogen (secondary N) is 1. The molecule has 0 atom stereocenters. The lowest BCUT2D eigenvalue weighted by molar-refractivity contribution is -0.141. The van der Waals surface area contributed by atoms with Gasteiger partial charge in [-0.1, -0.05) is 22.9 Å². The van der Waals surface area contributed by atoms with Crippen molar-refractivity contribution < 1.29 is 27.5 Å². The first-order chi connectivity index (χ1) is 19.4. The molecule has 0 fully saturated rings. The van der Waals surface area contributed by atoms with E-state index in [1.807, 2.05) is 0 Å². The number of ether oxygens (including phenoxy) is 1. The Morgan fingerprint density at radius 1 is 1.00 bits per heavy atom. The van der Waals surface area contributed by atoms with Gasteiger partial charge in [0.2, 0.25) is 0 Å². The fourth-order valence-corrected chi connectivity index (χ4v) is 5.67. The zero-order valence-electron chi connectivity index (χ0n) is 22.2. The summed E-state index contributed by atoms with van der Waals surface area (Å²) in [4.78, 5) is 45.0. The molecule has 1 aliphatic rings. The summed E-state index contributed by atoms with van der Waals surface area (Å²) in [6, 6.07) is 3.35. The van der Waals surface area contributed by atoms with Crippen molar-refractivity contribution in [3.05, 3.63) is 80.1 Å². The van der Waals surface area contributed by atoms with E-state index in [1.165, 1.54) is 49.6 Å². The molecule has 4 aromatic heterocycles. The Morgan fingerprint density at radius 3 is 2.41 bits per heavy atom. The highest BCUT2D eigenvalue weighted by Gasteiger charge is 2.36. The standard InChI is InChI=1S/C27H22ClF3N6O3S/c1-12-5-15(16-6-22(28)33-9-20(16)40-4)18(8-32-12)24(38)36-26-35-19-10-37(11-21(19)41-26)25(39)17-7-34-23(27(29,30)31)14(3)13(17)2/h5-9H,10-11H2,1-4H3,(H,35,36,38). The van der Waals surface area contributed by atoms with E-state index in [2.05, 4.69) is 25.3 Å². The number of alkyl halides is 3. The lowest BCUT2D eigenvalue weighted by Gasteiger charge is -2.19. The first-order valence-electron chi connectivity index (χ1n) is 12.2. The molecule has 0 bridgehead atoms. The summed E-state index contributed by atoms with van der Waals surface area (Å²) in [6.45, 7) is 4.91. The maximum absolute atomic E-state index is 13.3. The van der Waals surface area contributed by atoms with Crippen LogP contribution in [0.5, 0.6) is 5.75 Å². The van der Waals surface area contributed by atoms with E-state index in [4.69, 9.17) is 16.3 Å². The number of carbonyl (C=O) groups excluding carboxylic acids is 2. The van der Waals surface area contributed by atoms with E-state index in [0.29, 0.717) is 33.4 Å². The molecule has 0 aliphatic carbocycles. The summed E-state index contributed by atoms with van der Waals surface area (Å²) < 4.78 is 45.0. The van der Waals surface area contributed by atoms with E-state index in [1.54, 1.807) is 19.1 Å². The molecule has 1 N–H and O–H groups in total. The molecule has 2 amide bonds.